The number of fused-ring (bicyclic) bond motifs is 5. The van der Waals surface area contributed by atoms with Gasteiger partial charge < -0.3 is 19.6 Å². The van der Waals surface area contributed by atoms with Crippen LogP contribution in [-0.4, -0.2) is 50.2 Å². The lowest BCUT2D eigenvalue weighted by Gasteiger charge is -2.70. The molecule has 8 nitrogen and oxygen atoms in total. The van der Waals surface area contributed by atoms with E-state index >= 15 is 0 Å². The molecule has 7 rings (SSSR count). The largest absolute Gasteiger partial charge is 0.461 e. The highest BCUT2D eigenvalue weighted by molar-refractivity contribution is 7.99. The van der Waals surface area contributed by atoms with Crippen LogP contribution in [0.2, 0.25) is 5.02 Å². The summed E-state index contributed by atoms with van der Waals surface area (Å²) in [7, 11) is 0. The Morgan fingerprint density at radius 1 is 1.04 bits per heavy atom. The molecule has 1 aromatic heterocycles. The van der Waals surface area contributed by atoms with Gasteiger partial charge in [-0.25, -0.2) is 4.98 Å². The lowest BCUT2D eigenvalue weighted by atomic mass is 9.35. The molecule has 288 valence electrons. The van der Waals surface area contributed by atoms with Gasteiger partial charge in [-0.1, -0.05) is 70.1 Å². The molecule has 1 saturated heterocycles. The van der Waals surface area contributed by atoms with E-state index < -0.39 is 5.56 Å². The molecule has 10 atom stereocenters. The molecular weight excluding hydrogens is 706 g/mol. The van der Waals surface area contributed by atoms with E-state index in [1.807, 2.05) is 6.07 Å². The van der Waals surface area contributed by atoms with E-state index in [-0.39, 0.29) is 79.1 Å². The zero-order valence-electron chi connectivity index (χ0n) is 32.8. The van der Waals surface area contributed by atoms with Crippen LogP contribution >= 0.6 is 23.4 Å². The maximum atomic E-state index is 13.5. The first-order chi connectivity index (χ1) is 24.8. The summed E-state index contributed by atoms with van der Waals surface area (Å²) < 4.78 is 13.2. The van der Waals surface area contributed by atoms with Crippen LogP contribution in [0.1, 0.15) is 125 Å². The average Bonchev–Trinajstić information content (AvgIpc) is 3.46. The molecule has 4 saturated carbocycles. The van der Waals surface area contributed by atoms with E-state index in [9.17, 15) is 20.0 Å². The van der Waals surface area contributed by atoms with Gasteiger partial charge in [-0.2, -0.15) is 5.26 Å². The minimum absolute atomic E-state index is 0.0110. The Labute approximate surface area is 324 Å². The molecular formula is C43H58ClN3O5S. The molecule has 1 aromatic carbocycles. The Morgan fingerprint density at radius 3 is 2.47 bits per heavy atom. The normalized spacial score (nSPS) is 39.9. The average molecular weight is 764 g/mol. The molecule has 53 heavy (non-hydrogen) atoms. The number of nitriles is 1. The van der Waals surface area contributed by atoms with Crippen molar-refractivity contribution < 1.29 is 19.4 Å². The molecule has 0 amide bonds. The van der Waals surface area contributed by atoms with E-state index in [0.717, 1.165) is 69.5 Å². The number of nitrogens with zero attached hydrogens (tertiary/aromatic N) is 2. The summed E-state index contributed by atoms with van der Waals surface area (Å²) in [6.45, 7) is 18.9. The third-order valence-corrected chi connectivity index (χ3v) is 16.9. The molecule has 0 radical (unpaired) electrons. The number of H-pyrrole nitrogens is 1. The number of thioether (sulfide) groups is 1. The van der Waals surface area contributed by atoms with Crippen molar-refractivity contribution in [3.8, 4) is 17.3 Å². The summed E-state index contributed by atoms with van der Waals surface area (Å²) in [6.07, 6.45) is 9.71. The van der Waals surface area contributed by atoms with Gasteiger partial charge in [-0.15, -0.1) is 0 Å². The van der Waals surface area contributed by atoms with Gasteiger partial charge >= 0.3 is 5.97 Å². The fraction of sp³-hybridized carbons (Fsp3) is 0.721. The predicted octanol–water partition coefficient (Wildman–Crippen LogP) is 9.36. The van der Waals surface area contributed by atoms with Crippen LogP contribution in [0.25, 0.3) is 11.3 Å². The summed E-state index contributed by atoms with van der Waals surface area (Å²) in [4.78, 5) is 33.5. The molecule has 10 heteroatoms. The third-order valence-electron chi connectivity index (χ3n) is 15.8. The Hall–Kier alpha value is -2.38. The fourth-order valence-corrected chi connectivity index (χ4v) is 14.1. The summed E-state index contributed by atoms with van der Waals surface area (Å²) in [5.41, 5.74) is -0.336. The van der Waals surface area contributed by atoms with E-state index in [1.54, 1.807) is 24.3 Å². The second-order valence-electron chi connectivity index (χ2n) is 19.3. The van der Waals surface area contributed by atoms with Gasteiger partial charge in [0.2, 0.25) is 0 Å². The van der Waals surface area contributed by atoms with Crippen LogP contribution in [0.15, 0.2) is 34.2 Å². The van der Waals surface area contributed by atoms with Crippen molar-refractivity contribution in [1.29, 1.82) is 5.26 Å². The number of aliphatic hydroxyl groups excluding tert-OH is 1. The summed E-state index contributed by atoms with van der Waals surface area (Å²) in [5.74, 6) is 0.929. The van der Waals surface area contributed by atoms with Crippen molar-refractivity contribution in [1.82, 2.24) is 9.97 Å². The molecule has 2 heterocycles. The molecule has 0 spiro atoms. The van der Waals surface area contributed by atoms with Crippen molar-refractivity contribution in [2.24, 2.45) is 45.3 Å². The zero-order valence-corrected chi connectivity index (χ0v) is 34.4. The zero-order chi connectivity index (χ0) is 38.4. The topological polar surface area (TPSA) is 125 Å². The number of aliphatic hydroxyl groups is 1. The minimum Gasteiger partial charge on any atom is -0.461 e. The van der Waals surface area contributed by atoms with Crippen LogP contribution in [0, 0.1) is 56.7 Å². The summed E-state index contributed by atoms with van der Waals surface area (Å²) >= 11 is 7.28. The van der Waals surface area contributed by atoms with Gasteiger partial charge in [0.15, 0.2) is 5.16 Å². The highest BCUT2D eigenvalue weighted by Gasteiger charge is 2.72. The number of aromatic amines is 1. The lowest BCUT2D eigenvalue weighted by molar-refractivity contribution is -0.258. The number of aromatic nitrogens is 2. The number of nitrogens with one attached hydrogen (secondary N) is 1. The fourth-order valence-electron chi connectivity index (χ4n) is 13.3. The van der Waals surface area contributed by atoms with Gasteiger partial charge in [0.1, 0.15) is 17.7 Å². The number of carbonyl (C=O) groups excluding carboxylic acids is 1. The van der Waals surface area contributed by atoms with Gasteiger partial charge in [-0.3, -0.25) is 9.59 Å². The van der Waals surface area contributed by atoms with Crippen LogP contribution in [0.4, 0.5) is 0 Å². The Bertz CT molecular complexity index is 1870. The standard InChI is InChI=1S/C43H58ClN3O5S/c1-38(2)16-10-17-43(8,52-38)28-13-19-42(7)34(28)29(48)22-31-40(5)18-15-32(39(3,4)30(40)14-20-41(31,42)6)51-33(49)24-53-37-46-35(27(23-45)36(50)47-37)25-11-9-12-26(44)21-25/h9,11-12,21,28-32,34,48H,10,13-20,22,24H2,1-8H3,(H,46,47,50)/t28-,29-,30+,31?,32+,34+,40+,41-,42-,43-/m1/s1. The number of hydrogen-bond acceptors (Lipinski definition) is 8. The van der Waals surface area contributed by atoms with Crippen molar-refractivity contribution in [3.05, 3.63) is 45.2 Å². The van der Waals surface area contributed by atoms with Crippen LogP contribution in [-0.2, 0) is 14.3 Å². The summed E-state index contributed by atoms with van der Waals surface area (Å²) in [6, 6.07) is 8.80. The second-order valence-corrected chi connectivity index (χ2v) is 20.7. The first-order valence-corrected chi connectivity index (χ1v) is 21.2. The van der Waals surface area contributed by atoms with Gasteiger partial charge in [0.25, 0.3) is 5.56 Å². The second kappa shape index (κ2) is 13.4. The molecule has 4 aliphatic carbocycles. The number of esters is 1. The highest BCUT2D eigenvalue weighted by atomic mass is 35.5. The molecule has 2 aromatic rings. The number of carbonyl (C=O) groups is 1. The van der Waals surface area contributed by atoms with Crippen molar-refractivity contribution >= 4 is 29.3 Å². The molecule has 1 unspecified atom stereocenters. The Morgan fingerprint density at radius 2 is 1.77 bits per heavy atom. The van der Waals surface area contributed by atoms with Gasteiger partial charge in [0.05, 0.1) is 28.8 Å². The van der Waals surface area contributed by atoms with Crippen molar-refractivity contribution in [2.75, 3.05) is 5.75 Å². The molecule has 1 aliphatic heterocycles. The number of hydrogen-bond donors (Lipinski definition) is 2. The lowest BCUT2D eigenvalue weighted by Crippen LogP contribution is -2.67. The molecule has 2 N–H and O–H groups in total. The first-order valence-electron chi connectivity index (χ1n) is 19.8. The maximum absolute atomic E-state index is 13.5. The van der Waals surface area contributed by atoms with E-state index in [1.165, 1.54) is 6.42 Å². The maximum Gasteiger partial charge on any atom is 0.316 e. The predicted molar refractivity (Wildman–Crippen MR) is 208 cm³/mol. The van der Waals surface area contributed by atoms with Crippen molar-refractivity contribution in [3.63, 3.8) is 0 Å². The number of ether oxygens (including phenoxy) is 2. The number of benzene rings is 1. The molecule has 0 bridgehead atoms. The van der Waals surface area contributed by atoms with Crippen LogP contribution in [0.3, 0.4) is 0 Å². The molecule has 5 fully saturated rings. The quantitative estimate of drug-likeness (QED) is 0.169. The minimum atomic E-state index is -0.563. The third kappa shape index (κ3) is 6.30. The summed E-state index contributed by atoms with van der Waals surface area (Å²) in [5, 5.41) is 22.6. The van der Waals surface area contributed by atoms with Crippen molar-refractivity contribution in [2.45, 2.75) is 148 Å². The monoisotopic (exact) mass is 763 g/mol. The van der Waals surface area contributed by atoms with Gasteiger partial charge in [-0.05, 0) is 137 Å². The SMILES string of the molecule is CC1(C)CCC[C@](C)([C@@H]2CC[C@]3(C)[C@@H]2[C@H](O)CC2[C@@]4(C)CC[C@H](OC(=O)CSc5nc(-c6cccc(Cl)c6)c(C#N)c(=O)[nH]5)C(C)(C)[C@@H]4CC[C@]23C)O1. The first kappa shape index (κ1) is 38.9. The number of halogens is 1. The van der Waals surface area contributed by atoms with E-state index in [2.05, 4.69) is 65.4 Å². The van der Waals surface area contributed by atoms with Crippen LogP contribution < -0.4 is 5.56 Å². The van der Waals surface area contributed by atoms with E-state index in [4.69, 9.17) is 21.1 Å². The Kier molecular flexibility index (Phi) is 9.82. The van der Waals surface area contributed by atoms with E-state index in [0.29, 0.717) is 28.3 Å². The molecule has 5 aliphatic rings. The highest BCUT2D eigenvalue weighted by Crippen LogP contribution is 2.76. The van der Waals surface area contributed by atoms with Crippen LogP contribution in [0.5, 0.6) is 0 Å². The Balaban J connectivity index is 1.06. The van der Waals surface area contributed by atoms with Gasteiger partial charge in [0, 0.05) is 16.0 Å². The smallest absolute Gasteiger partial charge is 0.316 e. The number of rotatable bonds is 6.